The highest BCUT2D eigenvalue weighted by molar-refractivity contribution is 5.39. The number of nitro benzene ring substituents is 1. The largest absolute Gasteiger partial charge is 0.330 e. The first-order chi connectivity index (χ1) is 8.70. The van der Waals surface area contributed by atoms with Gasteiger partial charge >= 0.3 is 0 Å². The summed E-state index contributed by atoms with van der Waals surface area (Å²) in [6, 6.07) is 6.98. The van der Waals surface area contributed by atoms with Gasteiger partial charge in [-0.1, -0.05) is 18.2 Å². The number of hydrogen-bond acceptors (Lipinski definition) is 4. The summed E-state index contributed by atoms with van der Waals surface area (Å²) in [6.07, 6.45) is 1.88. The molecule has 0 amide bonds. The zero-order valence-electron chi connectivity index (χ0n) is 10.4. The van der Waals surface area contributed by atoms with Gasteiger partial charge in [0.2, 0.25) is 0 Å². The first-order valence-electron chi connectivity index (χ1n) is 6.35. The molecule has 2 rings (SSSR count). The van der Waals surface area contributed by atoms with Crippen molar-refractivity contribution in [2.24, 2.45) is 11.7 Å². The number of hydrogen-bond donors (Lipinski definition) is 1. The Hall–Kier alpha value is -1.46. The van der Waals surface area contributed by atoms with E-state index in [-0.39, 0.29) is 10.6 Å². The van der Waals surface area contributed by atoms with Crippen LogP contribution < -0.4 is 5.73 Å². The fraction of sp³-hybridized carbons (Fsp3) is 0.538. The Morgan fingerprint density at radius 3 is 2.89 bits per heavy atom. The maximum Gasteiger partial charge on any atom is 0.272 e. The molecule has 0 spiro atoms. The predicted octanol–water partition coefficient (Wildman–Crippen LogP) is 1.42. The Morgan fingerprint density at radius 2 is 2.22 bits per heavy atom. The lowest BCUT2D eigenvalue weighted by Crippen LogP contribution is -2.25. The summed E-state index contributed by atoms with van der Waals surface area (Å²) < 4.78 is 0. The van der Waals surface area contributed by atoms with Gasteiger partial charge in [0, 0.05) is 24.7 Å². The van der Waals surface area contributed by atoms with E-state index in [9.17, 15) is 10.1 Å². The van der Waals surface area contributed by atoms with Crippen LogP contribution in [0.1, 0.15) is 12.0 Å². The summed E-state index contributed by atoms with van der Waals surface area (Å²) in [4.78, 5) is 12.9. The minimum atomic E-state index is -0.304. The zero-order chi connectivity index (χ0) is 13.0. The highest BCUT2D eigenvalue weighted by Gasteiger charge is 2.21. The molecule has 98 valence electrons. The minimum absolute atomic E-state index is 0.229. The van der Waals surface area contributed by atoms with Crippen molar-refractivity contribution < 1.29 is 4.92 Å². The van der Waals surface area contributed by atoms with E-state index in [1.807, 2.05) is 12.1 Å². The molecule has 1 saturated heterocycles. The van der Waals surface area contributed by atoms with Gasteiger partial charge in [0.25, 0.3) is 5.69 Å². The Bertz CT molecular complexity index is 422. The van der Waals surface area contributed by atoms with Gasteiger partial charge in [-0.25, -0.2) is 0 Å². The van der Waals surface area contributed by atoms with Crippen LogP contribution in [-0.2, 0) is 6.42 Å². The highest BCUT2D eigenvalue weighted by Crippen LogP contribution is 2.20. The number of nitro groups is 1. The standard InChI is InChI=1S/C13H19N3O2/c14-9-11-5-7-15(10-11)8-6-12-3-1-2-4-13(12)16(17)18/h1-4,11H,5-10,14H2. The van der Waals surface area contributed by atoms with Crippen molar-refractivity contribution in [3.63, 3.8) is 0 Å². The number of para-hydroxylation sites is 1. The Kier molecular flexibility index (Phi) is 4.28. The molecule has 1 unspecified atom stereocenters. The topological polar surface area (TPSA) is 72.4 Å². The average Bonchev–Trinajstić information content (AvgIpc) is 2.84. The molecule has 1 aromatic rings. The van der Waals surface area contributed by atoms with Crippen LogP contribution in [0.2, 0.25) is 0 Å². The highest BCUT2D eigenvalue weighted by atomic mass is 16.6. The summed E-state index contributed by atoms with van der Waals surface area (Å²) in [5.41, 5.74) is 6.70. The molecular weight excluding hydrogens is 230 g/mol. The van der Waals surface area contributed by atoms with E-state index in [4.69, 9.17) is 5.73 Å². The van der Waals surface area contributed by atoms with Crippen LogP contribution in [0.25, 0.3) is 0 Å². The summed E-state index contributed by atoms with van der Waals surface area (Å²) >= 11 is 0. The van der Waals surface area contributed by atoms with Gasteiger partial charge in [0.05, 0.1) is 4.92 Å². The van der Waals surface area contributed by atoms with Gasteiger partial charge in [-0.05, 0) is 31.8 Å². The van der Waals surface area contributed by atoms with Crippen molar-refractivity contribution in [3.05, 3.63) is 39.9 Å². The van der Waals surface area contributed by atoms with Gasteiger partial charge in [-0.15, -0.1) is 0 Å². The van der Waals surface area contributed by atoms with Crippen LogP contribution >= 0.6 is 0 Å². The van der Waals surface area contributed by atoms with Crippen LogP contribution in [0, 0.1) is 16.0 Å². The molecule has 1 aliphatic rings. The minimum Gasteiger partial charge on any atom is -0.330 e. The van der Waals surface area contributed by atoms with Gasteiger partial charge < -0.3 is 10.6 Å². The summed E-state index contributed by atoms with van der Waals surface area (Å²) in [7, 11) is 0. The smallest absolute Gasteiger partial charge is 0.272 e. The van der Waals surface area contributed by atoms with Gasteiger partial charge in [-0.2, -0.15) is 0 Å². The molecule has 2 N–H and O–H groups in total. The molecule has 0 aromatic heterocycles. The first kappa shape index (κ1) is 13.0. The number of benzene rings is 1. The molecule has 0 aliphatic carbocycles. The van der Waals surface area contributed by atoms with E-state index in [1.54, 1.807) is 12.1 Å². The van der Waals surface area contributed by atoms with E-state index >= 15 is 0 Å². The van der Waals surface area contributed by atoms with Crippen molar-refractivity contribution in [2.75, 3.05) is 26.2 Å². The molecule has 1 fully saturated rings. The van der Waals surface area contributed by atoms with Gasteiger partial charge in [0.15, 0.2) is 0 Å². The molecule has 1 heterocycles. The quantitative estimate of drug-likeness (QED) is 0.632. The van der Waals surface area contributed by atoms with E-state index in [0.717, 1.165) is 44.6 Å². The van der Waals surface area contributed by atoms with E-state index < -0.39 is 0 Å². The second kappa shape index (κ2) is 5.93. The molecule has 1 aliphatic heterocycles. The van der Waals surface area contributed by atoms with Crippen LogP contribution in [0.5, 0.6) is 0 Å². The average molecular weight is 249 g/mol. The van der Waals surface area contributed by atoms with Crippen molar-refractivity contribution >= 4 is 5.69 Å². The van der Waals surface area contributed by atoms with Crippen molar-refractivity contribution in [1.82, 2.24) is 4.90 Å². The first-order valence-corrected chi connectivity index (χ1v) is 6.35. The fourth-order valence-corrected chi connectivity index (χ4v) is 2.49. The maximum absolute atomic E-state index is 10.9. The van der Waals surface area contributed by atoms with Crippen LogP contribution in [-0.4, -0.2) is 36.0 Å². The van der Waals surface area contributed by atoms with E-state index in [1.165, 1.54) is 0 Å². The monoisotopic (exact) mass is 249 g/mol. The van der Waals surface area contributed by atoms with Crippen LogP contribution in [0.3, 0.4) is 0 Å². The Morgan fingerprint density at radius 1 is 1.44 bits per heavy atom. The Balaban J connectivity index is 1.92. The third-order valence-corrected chi connectivity index (χ3v) is 3.59. The summed E-state index contributed by atoms with van der Waals surface area (Å²) in [5, 5.41) is 10.9. The summed E-state index contributed by atoms with van der Waals surface area (Å²) in [5.74, 6) is 0.593. The van der Waals surface area contributed by atoms with Crippen molar-refractivity contribution in [2.45, 2.75) is 12.8 Å². The van der Waals surface area contributed by atoms with Gasteiger partial charge in [0.1, 0.15) is 0 Å². The van der Waals surface area contributed by atoms with E-state index in [2.05, 4.69) is 4.90 Å². The van der Waals surface area contributed by atoms with Crippen LogP contribution in [0.4, 0.5) is 5.69 Å². The van der Waals surface area contributed by atoms with Gasteiger partial charge in [-0.3, -0.25) is 10.1 Å². The molecule has 1 atom stereocenters. The number of likely N-dealkylation sites (tertiary alicyclic amines) is 1. The number of nitrogens with two attached hydrogens (primary N) is 1. The Labute approximate surface area is 107 Å². The number of rotatable bonds is 5. The second-order valence-corrected chi connectivity index (χ2v) is 4.83. The predicted molar refractivity (Wildman–Crippen MR) is 70.4 cm³/mol. The molecule has 5 heteroatoms. The normalized spacial score (nSPS) is 20.2. The van der Waals surface area contributed by atoms with Crippen molar-refractivity contribution in [1.29, 1.82) is 0 Å². The molecular formula is C13H19N3O2. The second-order valence-electron chi connectivity index (χ2n) is 4.83. The third-order valence-electron chi connectivity index (χ3n) is 3.59. The van der Waals surface area contributed by atoms with E-state index in [0.29, 0.717) is 5.92 Å². The van der Waals surface area contributed by atoms with Crippen molar-refractivity contribution in [3.8, 4) is 0 Å². The molecule has 0 bridgehead atoms. The molecule has 0 saturated carbocycles. The number of nitrogens with zero attached hydrogens (tertiary/aromatic N) is 2. The SMILES string of the molecule is NCC1CCN(CCc2ccccc2[N+](=O)[O-])C1. The fourth-order valence-electron chi connectivity index (χ4n) is 2.49. The third kappa shape index (κ3) is 3.05. The molecule has 5 nitrogen and oxygen atoms in total. The maximum atomic E-state index is 10.9. The lowest BCUT2D eigenvalue weighted by Gasteiger charge is -2.15. The molecule has 18 heavy (non-hydrogen) atoms. The lowest BCUT2D eigenvalue weighted by molar-refractivity contribution is -0.385. The van der Waals surface area contributed by atoms with Crippen LogP contribution in [0.15, 0.2) is 24.3 Å². The molecule has 1 aromatic carbocycles. The zero-order valence-corrected chi connectivity index (χ0v) is 10.4. The lowest BCUT2D eigenvalue weighted by atomic mass is 10.1. The summed E-state index contributed by atoms with van der Waals surface area (Å²) in [6.45, 7) is 3.70. The molecule has 0 radical (unpaired) electrons.